The Morgan fingerprint density at radius 1 is 1.00 bits per heavy atom. The Balaban J connectivity index is 1.83. The number of halogens is 6. The number of ether oxygens (including phenoxy) is 1. The molecule has 35 heavy (non-hydrogen) atoms. The third-order valence-corrected chi connectivity index (χ3v) is 6.10. The van der Waals surface area contributed by atoms with E-state index in [-0.39, 0.29) is 16.5 Å². The zero-order valence-electron chi connectivity index (χ0n) is 18.3. The SMILES string of the molecule is CC(C)c1c[nH]c2ccc(Oc3c(C(F)(F)F)cc(NC(=O)c4cccs4)cc3C(F)(F)F)cc12. The highest BCUT2D eigenvalue weighted by Crippen LogP contribution is 2.48. The van der Waals surface area contributed by atoms with Crippen molar-refractivity contribution in [1.29, 1.82) is 0 Å². The molecule has 4 nitrogen and oxygen atoms in total. The van der Waals surface area contributed by atoms with E-state index in [4.69, 9.17) is 4.74 Å². The van der Waals surface area contributed by atoms with Gasteiger partial charge in [-0.15, -0.1) is 11.3 Å². The Bertz CT molecular complexity index is 1340. The lowest BCUT2D eigenvalue weighted by Crippen LogP contribution is -2.17. The molecular weight excluding hydrogens is 494 g/mol. The van der Waals surface area contributed by atoms with Crippen LogP contribution < -0.4 is 10.1 Å². The number of aromatic nitrogens is 1. The molecule has 0 unspecified atom stereocenters. The number of amides is 1. The van der Waals surface area contributed by atoms with Gasteiger partial charge in [-0.2, -0.15) is 26.3 Å². The summed E-state index contributed by atoms with van der Waals surface area (Å²) < 4.78 is 88.8. The van der Waals surface area contributed by atoms with E-state index in [0.717, 1.165) is 16.9 Å². The van der Waals surface area contributed by atoms with E-state index in [1.165, 1.54) is 30.3 Å². The minimum absolute atomic E-state index is 0.0571. The number of anilines is 1. The Hall–Kier alpha value is -3.47. The van der Waals surface area contributed by atoms with Gasteiger partial charge in [-0.1, -0.05) is 19.9 Å². The predicted molar refractivity (Wildman–Crippen MR) is 121 cm³/mol. The fraction of sp³-hybridized carbons (Fsp3) is 0.208. The molecular formula is C24H18F6N2O2S. The second kappa shape index (κ2) is 8.95. The van der Waals surface area contributed by atoms with E-state index in [1.807, 2.05) is 13.8 Å². The Morgan fingerprint density at radius 3 is 2.20 bits per heavy atom. The smallest absolute Gasteiger partial charge is 0.420 e. The summed E-state index contributed by atoms with van der Waals surface area (Å²) in [7, 11) is 0. The molecule has 0 aliphatic heterocycles. The molecule has 4 rings (SSSR count). The number of carbonyl (C=O) groups excluding carboxylic acids is 1. The molecule has 184 valence electrons. The first-order valence-corrected chi connectivity index (χ1v) is 11.2. The number of hydrogen-bond acceptors (Lipinski definition) is 3. The first kappa shape index (κ1) is 24.6. The highest BCUT2D eigenvalue weighted by molar-refractivity contribution is 7.12. The molecule has 0 saturated heterocycles. The van der Waals surface area contributed by atoms with Crippen molar-refractivity contribution in [1.82, 2.24) is 4.98 Å². The van der Waals surface area contributed by atoms with Crippen LogP contribution in [0.4, 0.5) is 32.0 Å². The third-order valence-electron chi connectivity index (χ3n) is 5.23. The Morgan fingerprint density at radius 2 is 1.66 bits per heavy atom. The van der Waals surface area contributed by atoms with Crippen LogP contribution in [0.5, 0.6) is 11.5 Å². The van der Waals surface area contributed by atoms with Gasteiger partial charge in [0.05, 0.1) is 4.88 Å². The van der Waals surface area contributed by atoms with Gasteiger partial charge in [0.1, 0.15) is 16.9 Å². The fourth-order valence-electron chi connectivity index (χ4n) is 3.61. The summed E-state index contributed by atoms with van der Waals surface area (Å²) in [6.45, 7) is 3.81. The largest absolute Gasteiger partial charge is 0.456 e. The molecule has 2 aromatic heterocycles. The summed E-state index contributed by atoms with van der Waals surface area (Å²) in [6, 6.07) is 8.01. The highest BCUT2D eigenvalue weighted by atomic mass is 32.1. The van der Waals surface area contributed by atoms with Gasteiger partial charge in [0.25, 0.3) is 5.91 Å². The lowest BCUT2D eigenvalue weighted by molar-refractivity contribution is -0.144. The second-order valence-electron chi connectivity index (χ2n) is 8.04. The van der Waals surface area contributed by atoms with Crippen molar-refractivity contribution in [2.75, 3.05) is 5.32 Å². The number of carbonyl (C=O) groups is 1. The first-order valence-electron chi connectivity index (χ1n) is 10.3. The molecule has 2 aromatic carbocycles. The zero-order valence-corrected chi connectivity index (χ0v) is 19.1. The molecule has 0 fully saturated rings. The number of rotatable bonds is 5. The molecule has 0 spiro atoms. The number of alkyl halides is 6. The lowest BCUT2D eigenvalue weighted by atomic mass is 10.0. The summed E-state index contributed by atoms with van der Waals surface area (Å²) in [5.74, 6) is -2.35. The van der Waals surface area contributed by atoms with Crippen molar-refractivity contribution < 1.29 is 35.9 Å². The summed E-state index contributed by atoms with van der Waals surface area (Å²) >= 11 is 0.996. The first-order chi connectivity index (χ1) is 16.3. The average Bonchev–Trinajstić information content (AvgIpc) is 3.43. The summed E-state index contributed by atoms with van der Waals surface area (Å²) in [6.07, 6.45) is -8.66. The predicted octanol–water partition coefficient (Wildman–Crippen LogP) is 8.44. The summed E-state index contributed by atoms with van der Waals surface area (Å²) in [5, 5.41) is 4.29. The maximum atomic E-state index is 13.9. The van der Waals surface area contributed by atoms with Crippen molar-refractivity contribution in [2.45, 2.75) is 32.1 Å². The molecule has 0 bridgehead atoms. The molecule has 0 aliphatic carbocycles. The van der Waals surface area contributed by atoms with Gasteiger partial charge in [0, 0.05) is 22.8 Å². The van der Waals surface area contributed by atoms with Crippen molar-refractivity contribution in [3.8, 4) is 11.5 Å². The summed E-state index contributed by atoms with van der Waals surface area (Å²) in [5.41, 5.74) is -2.47. The van der Waals surface area contributed by atoms with Crippen molar-refractivity contribution in [2.24, 2.45) is 0 Å². The highest BCUT2D eigenvalue weighted by Gasteiger charge is 2.43. The maximum Gasteiger partial charge on any atom is 0.420 e. The van der Waals surface area contributed by atoms with Crippen molar-refractivity contribution in [3.05, 3.63) is 75.6 Å². The van der Waals surface area contributed by atoms with Crippen molar-refractivity contribution >= 4 is 33.8 Å². The van der Waals surface area contributed by atoms with Crippen LogP contribution in [0.15, 0.2) is 54.0 Å². The van der Waals surface area contributed by atoms with E-state index in [1.54, 1.807) is 11.6 Å². The third kappa shape index (κ3) is 5.14. The van der Waals surface area contributed by atoms with Crippen LogP contribution in [0.3, 0.4) is 0 Å². The minimum atomic E-state index is -5.19. The molecule has 4 aromatic rings. The van der Waals surface area contributed by atoms with E-state index in [0.29, 0.717) is 23.0 Å². The quantitative estimate of drug-likeness (QED) is 0.264. The lowest BCUT2D eigenvalue weighted by Gasteiger charge is -2.21. The van der Waals surface area contributed by atoms with Crippen LogP contribution in [-0.2, 0) is 12.4 Å². The number of benzene rings is 2. The van der Waals surface area contributed by atoms with Crippen LogP contribution in [-0.4, -0.2) is 10.9 Å². The number of nitrogens with one attached hydrogen (secondary N) is 2. The van der Waals surface area contributed by atoms with Crippen LogP contribution in [0.25, 0.3) is 10.9 Å². The number of fused-ring (bicyclic) bond motifs is 1. The molecule has 0 radical (unpaired) electrons. The minimum Gasteiger partial charge on any atom is -0.456 e. The monoisotopic (exact) mass is 512 g/mol. The van der Waals surface area contributed by atoms with E-state index < -0.39 is 40.8 Å². The number of thiophene rings is 1. The second-order valence-corrected chi connectivity index (χ2v) is 8.98. The molecule has 0 aliphatic rings. The Kier molecular flexibility index (Phi) is 6.31. The normalized spacial score (nSPS) is 12.4. The molecule has 11 heteroatoms. The topological polar surface area (TPSA) is 54.1 Å². The van der Waals surface area contributed by atoms with Gasteiger partial charge >= 0.3 is 12.4 Å². The van der Waals surface area contributed by atoms with Crippen molar-refractivity contribution in [3.63, 3.8) is 0 Å². The molecule has 2 heterocycles. The molecule has 0 saturated carbocycles. The number of H-pyrrole nitrogens is 1. The standard InChI is InChI=1S/C24H18F6N2O2S/c1-12(2)16-11-31-19-6-5-14(10-15(16)19)34-21-17(23(25,26)27)8-13(9-18(21)24(28,29)30)32-22(33)20-4-3-7-35-20/h3-12,31H,1-2H3,(H,32,33). The van der Waals surface area contributed by atoms with Gasteiger partial charge in [-0.05, 0) is 53.3 Å². The van der Waals surface area contributed by atoms with Gasteiger partial charge in [-0.3, -0.25) is 4.79 Å². The van der Waals surface area contributed by atoms with Crippen LogP contribution in [0, 0.1) is 0 Å². The molecule has 1 amide bonds. The average molecular weight is 512 g/mol. The fourth-order valence-corrected chi connectivity index (χ4v) is 4.23. The van der Waals surface area contributed by atoms with Gasteiger partial charge < -0.3 is 15.0 Å². The number of aromatic amines is 1. The number of hydrogen-bond donors (Lipinski definition) is 2. The summed E-state index contributed by atoms with van der Waals surface area (Å²) in [4.78, 5) is 15.4. The maximum absolute atomic E-state index is 13.9. The van der Waals surface area contributed by atoms with E-state index in [2.05, 4.69) is 10.3 Å². The molecule has 2 N–H and O–H groups in total. The van der Waals surface area contributed by atoms with E-state index >= 15 is 0 Å². The van der Waals surface area contributed by atoms with Gasteiger partial charge in [0.15, 0.2) is 5.75 Å². The van der Waals surface area contributed by atoms with Gasteiger partial charge in [0.2, 0.25) is 0 Å². The van der Waals surface area contributed by atoms with Gasteiger partial charge in [-0.25, -0.2) is 0 Å². The van der Waals surface area contributed by atoms with Crippen LogP contribution in [0.1, 0.15) is 46.1 Å². The Labute approximate surface area is 199 Å². The van der Waals surface area contributed by atoms with Crippen LogP contribution in [0.2, 0.25) is 0 Å². The zero-order chi connectivity index (χ0) is 25.5. The molecule has 0 atom stereocenters. The van der Waals surface area contributed by atoms with E-state index in [9.17, 15) is 31.1 Å². The van der Waals surface area contributed by atoms with Crippen LogP contribution >= 0.6 is 11.3 Å².